The number of ether oxygens (including phenoxy) is 6. The summed E-state index contributed by atoms with van der Waals surface area (Å²) in [5.74, 6) is -1.95. The van der Waals surface area contributed by atoms with Crippen molar-refractivity contribution in [2.75, 3.05) is 13.2 Å². The van der Waals surface area contributed by atoms with Crippen LogP contribution in [-0.2, 0) is 44.7 Å². The summed E-state index contributed by atoms with van der Waals surface area (Å²) in [4.78, 5) is 73.4. The highest BCUT2D eigenvalue weighted by Gasteiger charge is 2.22. The monoisotopic (exact) mass is 1020 g/mol. The standard InChI is InChI=1S/C54H77Cl2NO13/c1-4-6-8-10-12-14-16-18-20-22-24-29-49(58)65-40-46(41-66-50(59)30-25-23-21-19-17-15-13-11-9-7-5-2)68-52(61)36-42(3)28-26-27-31-51(60)70-53-47(55)37-43(38-48(53)56)39-67-54(62)69-45-34-32-44(33-35-45)57(63)64/h10-13,32-35,37-38,42,46H,4-9,14-31,36,39-41H2,1-3H3/b12-10-,13-11-. The van der Waals surface area contributed by atoms with Gasteiger partial charge < -0.3 is 28.4 Å². The van der Waals surface area contributed by atoms with E-state index in [1.807, 2.05) is 6.92 Å². The van der Waals surface area contributed by atoms with Crippen molar-refractivity contribution in [1.82, 2.24) is 0 Å². The van der Waals surface area contributed by atoms with Crippen LogP contribution in [0.4, 0.5) is 10.5 Å². The van der Waals surface area contributed by atoms with Crippen LogP contribution < -0.4 is 9.47 Å². The summed E-state index contributed by atoms with van der Waals surface area (Å²) >= 11 is 12.7. The maximum atomic E-state index is 13.1. The Kier molecular flexibility index (Phi) is 33.9. The number of non-ortho nitro benzene ring substituents is 1. The number of nitrogens with zero attached hydrogens (tertiary/aromatic N) is 1. The van der Waals surface area contributed by atoms with E-state index >= 15 is 0 Å². The molecule has 0 N–H and O–H groups in total. The predicted octanol–water partition coefficient (Wildman–Crippen LogP) is 15.1. The molecule has 16 heteroatoms. The van der Waals surface area contributed by atoms with Gasteiger partial charge in [0.15, 0.2) is 11.9 Å². The van der Waals surface area contributed by atoms with Crippen LogP contribution in [-0.4, -0.2) is 54.3 Å². The molecule has 2 aromatic carbocycles. The first-order valence-electron chi connectivity index (χ1n) is 25.4. The molecule has 0 spiro atoms. The molecule has 0 amide bonds. The van der Waals surface area contributed by atoms with Crippen LogP contribution in [0.5, 0.6) is 11.5 Å². The summed E-state index contributed by atoms with van der Waals surface area (Å²) in [6.45, 7) is 5.58. The lowest BCUT2D eigenvalue weighted by Crippen LogP contribution is -2.31. The van der Waals surface area contributed by atoms with Gasteiger partial charge in [-0.3, -0.25) is 29.3 Å². The lowest BCUT2D eigenvalue weighted by atomic mass is 10.00. The van der Waals surface area contributed by atoms with Gasteiger partial charge in [-0.15, -0.1) is 0 Å². The fraction of sp³-hybridized carbons (Fsp3) is 0.611. The van der Waals surface area contributed by atoms with Gasteiger partial charge in [-0.2, -0.15) is 0 Å². The second-order valence-electron chi connectivity index (χ2n) is 17.6. The van der Waals surface area contributed by atoms with Crippen LogP contribution in [0.2, 0.25) is 10.0 Å². The van der Waals surface area contributed by atoms with Crippen molar-refractivity contribution in [3.63, 3.8) is 0 Å². The summed E-state index contributed by atoms with van der Waals surface area (Å²) in [6.07, 6.45) is 28.4. The third kappa shape index (κ3) is 30.6. The van der Waals surface area contributed by atoms with Crippen LogP contribution in [0.15, 0.2) is 60.7 Å². The zero-order chi connectivity index (χ0) is 51.2. The van der Waals surface area contributed by atoms with Crippen molar-refractivity contribution in [1.29, 1.82) is 0 Å². The van der Waals surface area contributed by atoms with Crippen molar-refractivity contribution in [3.05, 3.63) is 86.4 Å². The van der Waals surface area contributed by atoms with E-state index in [0.717, 1.165) is 77.0 Å². The number of halogens is 2. The highest BCUT2D eigenvalue weighted by Crippen LogP contribution is 2.35. The van der Waals surface area contributed by atoms with E-state index in [9.17, 15) is 34.1 Å². The fourth-order valence-corrected chi connectivity index (χ4v) is 7.73. The zero-order valence-corrected chi connectivity index (χ0v) is 43.2. The second kappa shape index (κ2) is 38.8. The Bertz CT molecular complexity index is 1830. The van der Waals surface area contributed by atoms with Crippen LogP contribution in [0.1, 0.15) is 187 Å². The molecular formula is C54H77Cl2NO13. The van der Waals surface area contributed by atoms with E-state index in [-0.39, 0.29) is 90.6 Å². The van der Waals surface area contributed by atoms with E-state index < -0.39 is 29.1 Å². The number of hydrogen-bond donors (Lipinski definition) is 0. The molecule has 14 nitrogen and oxygen atoms in total. The van der Waals surface area contributed by atoms with Crippen molar-refractivity contribution in [2.45, 2.75) is 194 Å². The normalized spacial score (nSPS) is 11.7. The quantitative estimate of drug-likeness (QED) is 0.00901. The molecule has 390 valence electrons. The Morgan fingerprint density at radius 1 is 0.600 bits per heavy atom. The minimum Gasteiger partial charge on any atom is -0.462 e. The number of unbranched alkanes of at least 4 members (excludes halogenated alkanes) is 15. The van der Waals surface area contributed by atoms with Crippen molar-refractivity contribution >= 4 is 58.9 Å². The Morgan fingerprint density at radius 2 is 1.07 bits per heavy atom. The van der Waals surface area contributed by atoms with E-state index in [2.05, 4.69) is 38.2 Å². The first-order chi connectivity index (χ1) is 33.8. The molecule has 2 rings (SSSR count). The van der Waals surface area contributed by atoms with Gasteiger partial charge in [0.25, 0.3) is 5.69 Å². The van der Waals surface area contributed by atoms with Gasteiger partial charge in [-0.05, 0) is 93.5 Å². The number of benzene rings is 2. The third-order valence-electron chi connectivity index (χ3n) is 11.2. The first kappa shape index (κ1) is 61.2. The molecule has 0 fully saturated rings. The Balaban J connectivity index is 1.77. The maximum Gasteiger partial charge on any atom is 0.514 e. The average Bonchev–Trinajstić information content (AvgIpc) is 3.32. The van der Waals surface area contributed by atoms with Gasteiger partial charge in [-0.25, -0.2) is 4.79 Å². The number of allylic oxidation sites excluding steroid dienone is 4. The Labute approximate surface area is 425 Å². The minimum absolute atomic E-state index is 0.0169. The number of hydrogen-bond acceptors (Lipinski definition) is 13. The second-order valence-corrected chi connectivity index (χ2v) is 18.4. The molecule has 0 bridgehead atoms. The van der Waals surface area contributed by atoms with Gasteiger partial charge in [0.2, 0.25) is 0 Å². The van der Waals surface area contributed by atoms with Gasteiger partial charge in [0, 0.05) is 37.8 Å². The van der Waals surface area contributed by atoms with Crippen molar-refractivity contribution in [2.24, 2.45) is 5.92 Å². The van der Waals surface area contributed by atoms with Gasteiger partial charge in [-0.1, -0.05) is 145 Å². The van der Waals surface area contributed by atoms with Crippen LogP contribution >= 0.6 is 23.2 Å². The predicted molar refractivity (Wildman–Crippen MR) is 272 cm³/mol. The van der Waals surface area contributed by atoms with Gasteiger partial charge in [0.1, 0.15) is 25.6 Å². The number of carbonyl (C=O) groups is 5. The summed E-state index contributed by atoms with van der Waals surface area (Å²) in [5.41, 5.74) is 0.223. The third-order valence-corrected chi connectivity index (χ3v) is 11.7. The number of nitro benzene ring substituents is 1. The molecule has 0 aliphatic rings. The topological polar surface area (TPSA) is 184 Å². The van der Waals surface area contributed by atoms with E-state index in [4.69, 9.17) is 51.6 Å². The smallest absolute Gasteiger partial charge is 0.462 e. The first-order valence-corrected chi connectivity index (χ1v) is 26.1. The molecule has 70 heavy (non-hydrogen) atoms. The molecule has 0 saturated carbocycles. The molecule has 2 aromatic rings. The average molecular weight is 1020 g/mol. The van der Waals surface area contributed by atoms with Crippen molar-refractivity contribution in [3.8, 4) is 11.5 Å². The molecule has 1 atom stereocenters. The molecular weight excluding hydrogens is 941 g/mol. The molecule has 0 aliphatic heterocycles. The summed E-state index contributed by atoms with van der Waals surface area (Å²) in [6, 6.07) is 7.73. The summed E-state index contributed by atoms with van der Waals surface area (Å²) in [5, 5.41) is 10.9. The molecule has 0 radical (unpaired) electrons. The van der Waals surface area contributed by atoms with Crippen LogP contribution in [0.3, 0.4) is 0 Å². The van der Waals surface area contributed by atoms with Crippen molar-refractivity contribution < 1.29 is 57.3 Å². The van der Waals surface area contributed by atoms with Crippen LogP contribution in [0, 0.1) is 16.0 Å². The highest BCUT2D eigenvalue weighted by atomic mass is 35.5. The van der Waals surface area contributed by atoms with E-state index in [0.29, 0.717) is 37.7 Å². The molecule has 0 saturated heterocycles. The Morgan fingerprint density at radius 3 is 1.59 bits per heavy atom. The van der Waals surface area contributed by atoms with E-state index in [1.54, 1.807) is 0 Å². The lowest BCUT2D eigenvalue weighted by Gasteiger charge is -2.19. The highest BCUT2D eigenvalue weighted by molar-refractivity contribution is 6.37. The van der Waals surface area contributed by atoms with E-state index in [1.165, 1.54) is 62.1 Å². The number of nitro groups is 1. The number of carbonyl (C=O) groups excluding carboxylic acids is 5. The molecule has 0 aliphatic carbocycles. The molecule has 1 unspecified atom stereocenters. The molecule has 0 aromatic heterocycles. The zero-order valence-electron chi connectivity index (χ0n) is 41.7. The maximum absolute atomic E-state index is 13.1. The molecule has 0 heterocycles. The lowest BCUT2D eigenvalue weighted by molar-refractivity contribution is -0.384. The number of rotatable bonds is 39. The fourth-order valence-electron chi connectivity index (χ4n) is 7.12. The van der Waals surface area contributed by atoms with Gasteiger partial charge >= 0.3 is 30.0 Å². The van der Waals surface area contributed by atoms with Crippen LogP contribution in [0.25, 0.3) is 0 Å². The summed E-state index contributed by atoms with van der Waals surface area (Å²) < 4.78 is 32.2. The Hall–Kier alpha value is -4.95. The number of esters is 4. The summed E-state index contributed by atoms with van der Waals surface area (Å²) in [7, 11) is 0. The minimum atomic E-state index is -1.06. The SMILES string of the molecule is CCCC/C=C\CCCCCCCC(=O)OCC(COC(=O)CCCCCCC/C=C\CCCC)OC(=O)CC(C)CCCCC(=O)Oc1c(Cl)cc(COC(=O)Oc2ccc([N+](=O)[O-])cc2)cc1Cl. The van der Waals surface area contributed by atoms with Gasteiger partial charge in [0.05, 0.1) is 15.0 Å². The largest absolute Gasteiger partial charge is 0.514 e.